The Balaban J connectivity index is 0.000000318. The number of piperazine rings is 1. The van der Waals surface area contributed by atoms with E-state index in [1.165, 1.54) is 13.1 Å². The number of carboxylic acids is 2. The van der Waals surface area contributed by atoms with Crippen LogP contribution in [0, 0.1) is 0 Å². The van der Waals surface area contributed by atoms with Crippen LogP contribution in [0.1, 0.15) is 0 Å². The molecule has 0 radical (unpaired) electrons. The van der Waals surface area contributed by atoms with E-state index < -0.39 is 24.1 Å². The van der Waals surface area contributed by atoms with Gasteiger partial charge in [0.2, 0.25) is 0 Å². The standard InChI is InChI=1S/C5H12N2.C4H6O6/c1-7-4-2-6-3-5-7;5-1(3(7)8)2(6)4(9)10/h6H,2-5H2,1H3;1-2,5-6H,(H,7,8)(H,9,10)/t;1-,2-/m.1/s1. The van der Waals surface area contributed by atoms with Gasteiger partial charge in [0.1, 0.15) is 0 Å². The summed E-state index contributed by atoms with van der Waals surface area (Å²) >= 11 is 0. The molecule has 8 heteroatoms. The number of carboxylic acid groups (broad SMARTS) is 2. The van der Waals surface area contributed by atoms with Crippen LogP contribution >= 0.6 is 0 Å². The number of hydrogen-bond acceptors (Lipinski definition) is 6. The second-order valence-corrected chi connectivity index (χ2v) is 3.62. The Labute approximate surface area is 98.5 Å². The molecule has 1 saturated heterocycles. The fourth-order valence-electron chi connectivity index (χ4n) is 1.05. The third-order valence-corrected chi connectivity index (χ3v) is 2.15. The van der Waals surface area contributed by atoms with Gasteiger partial charge < -0.3 is 30.6 Å². The summed E-state index contributed by atoms with van der Waals surface area (Å²) in [4.78, 5) is 21.9. The molecule has 1 aliphatic rings. The summed E-state index contributed by atoms with van der Waals surface area (Å²) in [5.41, 5.74) is 0. The predicted molar refractivity (Wildman–Crippen MR) is 57.7 cm³/mol. The van der Waals surface area contributed by atoms with Gasteiger partial charge in [-0.1, -0.05) is 0 Å². The summed E-state index contributed by atoms with van der Waals surface area (Å²) < 4.78 is 0. The van der Waals surface area contributed by atoms with Crippen molar-refractivity contribution >= 4 is 11.9 Å². The highest BCUT2D eigenvalue weighted by Gasteiger charge is 2.29. The number of nitrogens with zero attached hydrogens (tertiary/aromatic N) is 1. The topological polar surface area (TPSA) is 130 Å². The molecule has 0 aromatic carbocycles. The minimum Gasteiger partial charge on any atom is -0.479 e. The van der Waals surface area contributed by atoms with E-state index in [2.05, 4.69) is 17.3 Å². The van der Waals surface area contributed by atoms with Gasteiger partial charge in [-0.3, -0.25) is 0 Å². The van der Waals surface area contributed by atoms with Crippen LogP contribution in [-0.4, -0.2) is 82.7 Å². The van der Waals surface area contributed by atoms with E-state index >= 15 is 0 Å². The van der Waals surface area contributed by atoms with Crippen LogP contribution in [0.3, 0.4) is 0 Å². The maximum atomic E-state index is 9.77. The van der Waals surface area contributed by atoms with Gasteiger partial charge >= 0.3 is 11.9 Å². The molecule has 0 amide bonds. The Kier molecular flexibility index (Phi) is 7.39. The molecule has 5 N–H and O–H groups in total. The number of nitrogens with one attached hydrogen (secondary N) is 1. The van der Waals surface area contributed by atoms with Crippen LogP contribution in [0.2, 0.25) is 0 Å². The minimum atomic E-state index is -2.27. The van der Waals surface area contributed by atoms with E-state index in [1.807, 2.05) is 0 Å². The number of carbonyl (C=O) groups is 2. The van der Waals surface area contributed by atoms with Crippen LogP contribution < -0.4 is 5.32 Å². The number of hydrogen-bond donors (Lipinski definition) is 5. The van der Waals surface area contributed by atoms with Crippen molar-refractivity contribution in [2.24, 2.45) is 0 Å². The van der Waals surface area contributed by atoms with Crippen molar-refractivity contribution < 1.29 is 30.0 Å². The summed E-state index contributed by atoms with van der Waals surface area (Å²) in [6, 6.07) is 0. The fourth-order valence-corrected chi connectivity index (χ4v) is 1.05. The lowest BCUT2D eigenvalue weighted by molar-refractivity contribution is -0.165. The van der Waals surface area contributed by atoms with Crippen LogP contribution in [-0.2, 0) is 9.59 Å². The number of rotatable bonds is 3. The zero-order valence-corrected chi connectivity index (χ0v) is 9.54. The molecular formula is C9H18N2O6. The highest BCUT2D eigenvalue weighted by Crippen LogP contribution is 1.92. The minimum absolute atomic E-state index is 1.16. The van der Waals surface area contributed by atoms with Crippen LogP contribution in [0.15, 0.2) is 0 Å². The highest BCUT2D eigenvalue weighted by molar-refractivity contribution is 5.83. The van der Waals surface area contributed by atoms with E-state index in [9.17, 15) is 9.59 Å². The van der Waals surface area contributed by atoms with Crippen molar-refractivity contribution in [3.05, 3.63) is 0 Å². The van der Waals surface area contributed by atoms with Crippen LogP contribution in [0.4, 0.5) is 0 Å². The predicted octanol–water partition coefficient (Wildman–Crippen LogP) is -2.60. The summed E-state index contributed by atoms with van der Waals surface area (Å²) in [7, 11) is 2.15. The number of aliphatic carboxylic acids is 2. The second-order valence-electron chi connectivity index (χ2n) is 3.62. The molecule has 0 bridgehead atoms. The molecule has 1 fully saturated rings. The molecule has 1 rings (SSSR count). The number of aliphatic hydroxyl groups is 2. The van der Waals surface area contributed by atoms with Crippen molar-refractivity contribution in [1.82, 2.24) is 10.2 Å². The van der Waals surface area contributed by atoms with Gasteiger partial charge in [0.15, 0.2) is 12.2 Å². The maximum Gasteiger partial charge on any atom is 0.335 e. The largest absolute Gasteiger partial charge is 0.479 e. The molecule has 0 aliphatic carbocycles. The first kappa shape index (κ1) is 15.8. The van der Waals surface area contributed by atoms with Gasteiger partial charge in [-0.25, -0.2) is 9.59 Å². The molecule has 1 aliphatic heterocycles. The van der Waals surface area contributed by atoms with Crippen LogP contribution in [0.5, 0.6) is 0 Å². The molecular weight excluding hydrogens is 232 g/mol. The van der Waals surface area contributed by atoms with E-state index in [0.29, 0.717) is 0 Å². The van der Waals surface area contributed by atoms with Gasteiger partial charge in [0.25, 0.3) is 0 Å². The van der Waals surface area contributed by atoms with Crippen molar-refractivity contribution in [3.8, 4) is 0 Å². The summed E-state index contributed by atoms with van der Waals surface area (Å²) in [6.45, 7) is 4.74. The second kappa shape index (κ2) is 7.96. The lowest BCUT2D eigenvalue weighted by Crippen LogP contribution is -2.40. The lowest BCUT2D eigenvalue weighted by atomic mass is 10.2. The molecule has 0 aromatic heterocycles. The average molecular weight is 250 g/mol. The third-order valence-electron chi connectivity index (χ3n) is 2.15. The van der Waals surface area contributed by atoms with E-state index in [1.54, 1.807) is 0 Å². The lowest BCUT2D eigenvalue weighted by Gasteiger charge is -2.21. The molecule has 0 spiro atoms. The zero-order chi connectivity index (χ0) is 13.4. The monoisotopic (exact) mass is 250 g/mol. The van der Waals surface area contributed by atoms with Crippen molar-refractivity contribution in [2.45, 2.75) is 12.2 Å². The molecule has 100 valence electrons. The van der Waals surface area contributed by atoms with Crippen molar-refractivity contribution in [2.75, 3.05) is 33.2 Å². The average Bonchev–Trinajstić information content (AvgIpc) is 2.28. The van der Waals surface area contributed by atoms with E-state index in [-0.39, 0.29) is 0 Å². The first-order valence-electron chi connectivity index (χ1n) is 5.07. The Morgan fingerprint density at radius 1 is 1.06 bits per heavy atom. The van der Waals surface area contributed by atoms with Gasteiger partial charge in [-0.2, -0.15) is 0 Å². The first-order chi connectivity index (χ1) is 7.86. The highest BCUT2D eigenvalue weighted by atomic mass is 16.4. The fraction of sp³-hybridized carbons (Fsp3) is 0.778. The number of aliphatic hydroxyl groups excluding tert-OH is 2. The van der Waals surface area contributed by atoms with Gasteiger partial charge in [-0.15, -0.1) is 0 Å². The van der Waals surface area contributed by atoms with Gasteiger partial charge in [0.05, 0.1) is 0 Å². The molecule has 0 saturated carbocycles. The molecule has 1 heterocycles. The smallest absolute Gasteiger partial charge is 0.335 e. The van der Waals surface area contributed by atoms with E-state index in [4.69, 9.17) is 20.4 Å². The summed E-state index contributed by atoms with van der Waals surface area (Å²) in [5, 5.41) is 35.8. The molecule has 17 heavy (non-hydrogen) atoms. The zero-order valence-electron chi connectivity index (χ0n) is 9.54. The van der Waals surface area contributed by atoms with Crippen LogP contribution in [0.25, 0.3) is 0 Å². The van der Waals surface area contributed by atoms with Crippen molar-refractivity contribution in [1.29, 1.82) is 0 Å². The summed E-state index contributed by atoms with van der Waals surface area (Å²) in [6.07, 6.45) is -4.53. The number of likely N-dealkylation sites (N-methyl/N-ethyl adjacent to an activating group) is 1. The summed E-state index contributed by atoms with van der Waals surface area (Å²) in [5.74, 6) is -3.54. The van der Waals surface area contributed by atoms with E-state index in [0.717, 1.165) is 13.1 Å². The SMILES string of the molecule is CN1CCNCC1.O=C(O)[C@H](O)[C@@H](O)C(=O)O. The molecule has 0 unspecified atom stereocenters. The Bertz CT molecular complexity index is 236. The first-order valence-corrected chi connectivity index (χ1v) is 5.07. The Morgan fingerprint density at radius 3 is 1.59 bits per heavy atom. The Hall–Kier alpha value is -1.22. The Morgan fingerprint density at radius 2 is 1.41 bits per heavy atom. The molecule has 0 aromatic rings. The third kappa shape index (κ3) is 6.84. The quantitative estimate of drug-likeness (QED) is 0.368. The molecule has 2 atom stereocenters. The van der Waals surface area contributed by atoms with Gasteiger partial charge in [0, 0.05) is 26.2 Å². The van der Waals surface area contributed by atoms with Gasteiger partial charge in [-0.05, 0) is 7.05 Å². The maximum absolute atomic E-state index is 9.77. The van der Waals surface area contributed by atoms with Crippen molar-refractivity contribution in [3.63, 3.8) is 0 Å². The molecule has 8 nitrogen and oxygen atoms in total. The normalized spacial score (nSPS) is 19.7.